The third kappa shape index (κ3) is 5.58. The van der Waals surface area contributed by atoms with Gasteiger partial charge in [0.05, 0.1) is 12.8 Å². The van der Waals surface area contributed by atoms with Gasteiger partial charge in [0.15, 0.2) is 0 Å². The molecule has 0 saturated heterocycles. The summed E-state index contributed by atoms with van der Waals surface area (Å²) in [7, 11) is 0. The summed E-state index contributed by atoms with van der Waals surface area (Å²) in [5, 5.41) is 4.10. The van der Waals surface area contributed by atoms with Gasteiger partial charge in [0, 0.05) is 11.8 Å². The van der Waals surface area contributed by atoms with Crippen LogP contribution >= 0.6 is 0 Å². The van der Waals surface area contributed by atoms with Crippen molar-refractivity contribution in [3.8, 4) is 5.75 Å². The molecule has 1 heterocycles. The second-order valence-corrected chi connectivity index (χ2v) is 5.08. The van der Waals surface area contributed by atoms with E-state index in [1.165, 1.54) is 6.07 Å². The van der Waals surface area contributed by atoms with Crippen LogP contribution in [0, 0.1) is 0 Å². The number of anilines is 1. The van der Waals surface area contributed by atoms with Crippen molar-refractivity contribution in [2.75, 3.05) is 12.0 Å². The highest BCUT2D eigenvalue weighted by atomic mass is 16.5. The largest absolute Gasteiger partial charge is 0.494 e. The smallest absolute Gasteiger partial charge is 0.252 e. The summed E-state index contributed by atoms with van der Waals surface area (Å²) < 4.78 is 5.66. The minimum Gasteiger partial charge on any atom is -0.494 e. The number of hydrogen-bond donors (Lipinski definition) is 2. The van der Waals surface area contributed by atoms with Gasteiger partial charge in [0.1, 0.15) is 5.75 Å². The first-order valence-corrected chi connectivity index (χ1v) is 7.83. The van der Waals surface area contributed by atoms with Gasteiger partial charge >= 0.3 is 0 Å². The van der Waals surface area contributed by atoms with Crippen molar-refractivity contribution < 1.29 is 4.74 Å². The number of aryl methyl sites for hydroxylation is 1. The Morgan fingerprint density at radius 3 is 3.00 bits per heavy atom. The second-order valence-electron chi connectivity index (χ2n) is 5.08. The number of unbranched alkanes of at least 4 members (excludes halogenated alkanes) is 1. The quantitative estimate of drug-likeness (QED) is 0.446. The summed E-state index contributed by atoms with van der Waals surface area (Å²) in [5.41, 5.74) is 4.17. The Morgan fingerprint density at radius 1 is 1.35 bits per heavy atom. The number of rotatable bonds is 8. The van der Waals surface area contributed by atoms with E-state index >= 15 is 0 Å². The topological polar surface area (TPSA) is 79.4 Å². The molecule has 0 spiro atoms. The van der Waals surface area contributed by atoms with Crippen molar-refractivity contribution in [2.45, 2.75) is 33.1 Å². The molecule has 0 bridgehead atoms. The summed E-state index contributed by atoms with van der Waals surface area (Å²) in [6, 6.07) is 9.16. The SMILES string of the molecule is CCCCOc1cccc(/C=N\Nc2nc(CC)cc(=O)[nH]2)c1. The van der Waals surface area contributed by atoms with Crippen LogP contribution in [0.4, 0.5) is 5.95 Å². The maximum Gasteiger partial charge on any atom is 0.252 e. The van der Waals surface area contributed by atoms with Crippen LogP contribution in [0.3, 0.4) is 0 Å². The van der Waals surface area contributed by atoms with Crippen molar-refractivity contribution >= 4 is 12.2 Å². The van der Waals surface area contributed by atoms with Crippen LogP contribution < -0.4 is 15.7 Å². The molecule has 0 amide bonds. The number of ether oxygens (including phenoxy) is 1. The van der Waals surface area contributed by atoms with Gasteiger partial charge < -0.3 is 4.74 Å². The summed E-state index contributed by atoms with van der Waals surface area (Å²) in [6.07, 6.45) is 4.49. The van der Waals surface area contributed by atoms with E-state index in [0.717, 1.165) is 29.8 Å². The third-order valence-corrected chi connectivity index (χ3v) is 3.17. The number of aromatic amines is 1. The van der Waals surface area contributed by atoms with E-state index in [2.05, 4.69) is 27.4 Å². The highest BCUT2D eigenvalue weighted by molar-refractivity contribution is 5.80. The number of hydrazone groups is 1. The average molecular weight is 314 g/mol. The minimum absolute atomic E-state index is 0.194. The maximum absolute atomic E-state index is 11.5. The van der Waals surface area contributed by atoms with Crippen molar-refractivity contribution in [3.63, 3.8) is 0 Å². The maximum atomic E-state index is 11.5. The fourth-order valence-corrected chi connectivity index (χ4v) is 1.93. The highest BCUT2D eigenvalue weighted by Gasteiger charge is 1.98. The molecule has 0 radical (unpaired) electrons. The Morgan fingerprint density at radius 2 is 2.22 bits per heavy atom. The van der Waals surface area contributed by atoms with Crippen LogP contribution in [0.2, 0.25) is 0 Å². The van der Waals surface area contributed by atoms with Crippen LogP contribution in [0.5, 0.6) is 5.75 Å². The molecule has 0 aliphatic rings. The Hall–Kier alpha value is -2.63. The van der Waals surface area contributed by atoms with E-state index in [1.54, 1.807) is 6.21 Å². The first-order chi connectivity index (χ1) is 11.2. The van der Waals surface area contributed by atoms with Crippen molar-refractivity contribution in [1.29, 1.82) is 0 Å². The normalized spacial score (nSPS) is 10.9. The van der Waals surface area contributed by atoms with E-state index in [-0.39, 0.29) is 5.56 Å². The van der Waals surface area contributed by atoms with E-state index in [4.69, 9.17) is 4.74 Å². The zero-order valence-electron chi connectivity index (χ0n) is 13.5. The molecule has 6 nitrogen and oxygen atoms in total. The van der Waals surface area contributed by atoms with Crippen LogP contribution in [-0.2, 0) is 6.42 Å². The lowest BCUT2D eigenvalue weighted by molar-refractivity contribution is 0.309. The fourth-order valence-electron chi connectivity index (χ4n) is 1.93. The Labute approximate surface area is 135 Å². The number of aromatic nitrogens is 2. The van der Waals surface area contributed by atoms with E-state index in [1.807, 2.05) is 31.2 Å². The lowest BCUT2D eigenvalue weighted by Gasteiger charge is -2.05. The molecule has 2 N–H and O–H groups in total. The van der Waals surface area contributed by atoms with Crippen molar-refractivity contribution in [1.82, 2.24) is 9.97 Å². The number of hydrogen-bond acceptors (Lipinski definition) is 5. The first-order valence-electron chi connectivity index (χ1n) is 7.83. The molecule has 0 aliphatic heterocycles. The zero-order valence-corrected chi connectivity index (χ0v) is 13.5. The van der Waals surface area contributed by atoms with Gasteiger partial charge in [-0.2, -0.15) is 5.10 Å². The summed E-state index contributed by atoms with van der Waals surface area (Å²) in [4.78, 5) is 18.3. The molecule has 0 saturated carbocycles. The van der Waals surface area contributed by atoms with Crippen LogP contribution in [-0.4, -0.2) is 22.8 Å². The minimum atomic E-state index is -0.194. The second kappa shape index (κ2) is 8.73. The molecule has 0 atom stereocenters. The molecule has 2 aromatic rings. The molecular formula is C17H22N4O2. The number of nitrogens with one attached hydrogen (secondary N) is 2. The molecule has 23 heavy (non-hydrogen) atoms. The molecule has 0 unspecified atom stereocenters. The molecule has 0 fully saturated rings. The molecule has 0 aliphatic carbocycles. The number of H-pyrrole nitrogens is 1. The standard InChI is InChI=1S/C17H22N4O2/c1-3-5-9-23-15-8-6-7-13(10-15)12-18-21-17-19-14(4-2)11-16(22)20-17/h6-8,10-12H,3-5,9H2,1-2H3,(H2,19,20,21,22)/b18-12-. The monoisotopic (exact) mass is 314 g/mol. The number of nitrogens with zero attached hydrogens (tertiary/aromatic N) is 2. The fraction of sp³-hybridized carbons (Fsp3) is 0.353. The highest BCUT2D eigenvalue weighted by Crippen LogP contribution is 2.12. The van der Waals surface area contributed by atoms with Gasteiger partial charge in [-0.1, -0.05) is 32.4 Å². The Balaban J connectivity index is 1.99. The summed E-state index contributed by atoms with van der Waals surface area (Å²) in [6.45, 7) is 4.78. The zero-order chi connectivity index (χ0) is 16.5. The van der Waals surface area contributed by atoms with E-state index in [9.17, 15) is 4.79 Å². The summed E-state index contributed by atoms with van der Waals surface area (Å²) in [5.74, 6) is 1.16. The van der Waals surface area contributed by atoms with E-state index < -0.39 is 0 Å². The molecule has 6 heteroatoms. The molecule has 1 aromatic heterocycles. The van der Waals surface area contributed by atoms with Crippen molar-refractivity contribution in [2.24, 2.45) is 5.10 Å². The molecule has 1 aromatic carbocycles. The van der Waals surface area contributed by atoms with Crippen LogP contribution in [0.15, 0.2) is 40.2 Å². The predicted molar refractivity (Wildman–Crippen MR) is 92.3 cm³/mol. The van der Waals surface area contributed by atoms with Crippen LogP contribution in [0.25, 0.3) is 0 Å². The first kappa shape index (κ1) is 16.7. The van der Waals surface area contributed by atoms with Gasteiger partial charge in [-0.3, -0.25) is 9.78 Å². The van der Waals surface area contributed by atoms with Crippen LogP contribution in [0.1, 0.15) is 37.9 Å². The third-order valence-electron chi connectivity index (χ3n) is 3.17. The predicted octanol–water partition coefficient (Wildman–Crippen LogP) is 2.96. The van der Waals surface area contributed by atoms with E-state index in [0.29, 0.717) is 19.0 Å². The molecular weight excluding hydrogens is 292 g/mol. The van der Waals surface area contributed by atoms with Gasteiger partial charge in [-0.15, -0.1) is 0 Å². The molecule has 2 rings (SSSR count). The lowest BCUT2D eigenvalue weighted by Crippen LogP contribution is -2.11. The Kier molecular flexibility index (Phi) is 6.35. The summed E-state index contributed by atoms with van der Waals surface area (Å²) >= 11 is 0. The average Bonchev–Trinajstić information content (AvgIpc) is 2.55. The van der Waals surface area contributed by atoms with Crippen molar-refractivity contribution in [3.05, 3.63) is 51.9 Å². The Bertz CT molecular complexity index is 710. The van der Waals surface area contributed by atoms with Gasteiger partial charge in [-0.05, 0) is 30.5 Å². The lowest BCUT2D eigenvalue weighted by atomic mass is 10.2. The van der Waals surface area contributed by atoms with Gasteiger partial charge in [0.2, 0.25) is 5.95 Å². The van der Waals surface area contributed by atoms with Gasteiger partial charge in [-0.25, -0.2) is 10.4 Å². The number of benzene rings is 1. The van der Waals surface area contributed by atoms with Gasteiger partial charge in [0.25, 0.3) is 5.56 Å². The molecule has 122 valence electrons.